The van der Waals surface area contributed by atoms with Gasteiger partial charge in [0.1, 0.15) is 11.6 Å². The number of ether oxygens (including phenoxy) is 1. The van der Waals surface area contributed by atoms with Crippen molar-refractivity contribution in [2.45, 2.75) is 19.2 Å². The molecule has 6 heteroatoms. The second-order valence-electron chi connectivity index (χ2n) is 7.61. The zero-order valence-corrected chi connectivity index (χ0v) is 16.4. The van der Waals surface area contributed by atoms with Crippen LogP contribution in [0.15, 0.2) is 66.7 Å². The van der Waals surface area contributed by atoms with Crippen LogP contribution < -0.4 is 15.4 Å². The van der Waals surface area contributed by atoms with E-state index in [2.05, 4.69) is 15.5 Å². The molecule has 2 aliphatic heterocycles. The lowest BCUT2D eigenvalue weighted by Gasteiger charge is -2.22. The summed E-state index contributed by atoms with van der Waals surface area (Å²) in [6, 6.07) is 19.2. The minimum absolute atomic E-state index is 0.132. The number of likely N-dealkylation sites (tertiary alicyclic amines) is 1. The molecule has 152 valence electrons. The molecular weight excluding hydrogens is 381 g/mol. The highest BCUT2D eigenvalue weighted by Gasteiger charge is 2.29. The number of anilines is 2. The maximum atomic E-state index is 13.1. The molecule has 3 aromatic rings. The van der Waals surface area contributed by atoms with Crippen LogP contribution in [0.2, 0.25) is 0 Å². The molecule has 0 aromatic heterocycles. The van der Waals surface area contributed by atoms with Gasteiger partial charge in [0.25, 0.3) is 5.91 Å². The molecule has 3 aromatic carbocycles. The van der Waals surface area contributed by atoms with Crippen LogP contribution in [0.1, 0.15) is 23.2 Å². The average Bonchev–Trinajstić information content (AvgIpc) is 3.44. The fraction of sp³-hybridized carbons (Fsp3) is 0.208. The third-order valence-electron chi connectivity index (χ3n) is 5.55. The van der Waals surface area contributed by atoms with Crippen LogP contribution in [-0.4, -0.2) is 30.2 Å². The first-order valence-corrected chi connectivity index (χ1v) is 10.1. The summed E-state index contributed by atoms with van der Waals surface area (Å²) in [5.74, 6) is 0.347. The highest BCUT2D eigenvalue weighted by atomic mass is 19.1. The molecule has 1 unspecified atom stereocenters. The van der Waals surface area contributed by atoms with E-state index in [9.17, 15) is 9.18 Å². The van der Waals surface area contributed by atoms with Gasteiger partial charge >= 0.3 is 0 Å². The van der Waals surface area contributed by atoms with Crippen molar-refractivity contribution >= 4 is 17.3 Å². The van der Waals surface area contributed by atoms with Gasteiger partial charge in [0.2, 0.25) is 6.35 Å². The number of hydrogen-bond donors (Lipinski definition) is 2. The van der Waals surface area contributed by atoms with Gasteiger partial charge in [-0.3, -0.25) is 9.69 Å². The quantitative estimate of drug-likeness (QED) is 0.649. The van der Waals surface area contributed by atoms with Gasteiger partial charge in [-0.1, -0.05) is 24.3 Å². The highest BCUT2D eigenvalue weighted by Crippen LogP contribution is 2.36. The summed E-state index contributed by atoms with van der Waals surface area (Å²) in [4.78, 5) is 14.9. The van der Waals surface area contributed by atoms with E-state index >= 15 is 0 Å². The van der Waals surface area contributed by atoms with Crippen molar-refractivity contribution in [2.75, 3.05) is 23.7 Å². The lowest BCUT2D eigenvalue weighted by molar-refractivity contribution is 0.0812. The fourth-order valence-electron chi connectivity index (χ4n) is 3.91. The van der Waals surface area contributed by atoms with Gasteiger partial charge in [0, 0.05) is 24.3 Å². The Labute approximate surface area is 174 Å². The maximum absolute atomic E-state index is 13.1. The van der Waals surface area contributed by atoms with Gasteiger partial charge in [-0.05, 0) is 66.4 Å². The van der Waals surface area contributed by atoms with Gasteiger partial charge < -0.3 is 15.4 Å². The van der Waals surface area contributed by atoms with Gasteiger partial charge in [-0.25, -0.2) is 4.39 Å². The molecule has 0 bridgehead atoms. The topological polar surface area (TPSA) is 53.6 Å². The number of hydrogen-bond acceptors (Lipinski definition) is 4. The molecule has 0 aliphatic carbocycles. The standard InChI is InChI=1S/C24H22FN3O2/c25-19-9-7-17(8-10-19)16-3-5-18(6-4-16)23(29)26-20-11-12-22-21(15-20)27-24(30-22)28-13-1-2-14-28/h3-12,15,24,27H,1-2,13-14H2,(H,26,29). The van der Waals surface area contributed by atoms with Crippen LogP contribution in [0, 0.1) is 5.82 Å². The normalized spacial score (nSPS) is 17.8. The molecule has 2 N–H and O–H groups in total. The van der Waals surface area contributed by atoms with E-state index in [1.165, 1.54) is 25.0 Å². The number of amides is 1. The Morgan fingerprint density at radius 1 is 0.967 bits per heavy atom. The zero-order chi connectivity index (χ0) is 20.5. The van der Waals surface area contributed by atoms with Crippen LogP contribution in [0.3, 0.4) is 0 Å². The van der Waals surface area contributed by atoms with Crippen LogP contribution in [0.5, 0.6) is 5.75 Å². The summed E-state index contributed by atoms with van der Waals surface area (Å²) in [5.41, 5.74) is 3.98. The van der Waals surface area contributed by atoms with Crippen LogP contribution in [-0.2, 0) is 0 Å². The Balaban J connectivity index is 1.26. The minimum atomic E-state index is -0.268. The third-order valence-corrected chi connectivity index (χ3v) is 5.55. The van der Waals surface area contributed by atoms with E-state index in [0.717, 1.165) is 35.7 Å². The number of carbonyl (C=O) groups is 1. The number of benzene rings is 3. The summed E-state index contributed by atoms with van der Waals surface area (Å²) < 4.78 is 19.1. The second-order valence-corrected chi connectivity index (χ2v) is 7.61. The molecule has 5 rings (SSSR count). The summed E-state index contributed by atoms with van der Waals surface area (Å²) in [6.45, 7) is 2.06. The monoisotopic (exact) mass is 403 g/mol. The van der Waals surface area contributed by atoms with E-state index in [4.69, 9.17) is 4.74 Å². The Bertz CT molecular complexity index is 1060. The van der Waals surface area contributed by atoms with Gasteiger partial charge in [0.15, 0.2) is 0 Å². The predicted molar refractivity (Wildman–Crippen MR) is 115 cm³/mol. The van der Waals surface area contributed by atoms with Crippen molar-refractivity contribution in [3.05, 3.63) is 78.1 Å². The van der Waals surface area contributed by atoms with Crippen molar-refractivity contribution in [1.29, 1.82) is 0 Å². The number of carbonyl (C=O) groups excluding carboxylic acids is 1. The first kappa shape index (κ1) is 18.6. The summed E-state index contributed by atoms with van der Waals surface area (Å²) >= 11 is 0. The molecule has 1 fully saturated rings. The lowest BCUT2D eigenvalue weighted by Crippen LogP contribution is -2.40. The van der Waals surface area contributed by atoms with Crippen LogP contribution in [0.4, 0.5) is 15.8 Å². The van der Waals surface area contributed by atoms with Gasteiger partial charge in [-0.15, -0.1) is 0 Å². The Kier molecular flexibility index (Phi) is 4.85. The smallest absolute Gasteiger partial charge is 0.255 e. The molecule has 2 heterocycles. The molecule has 0 spiro atoms. The molecule has 0 saturated carbocycles. The molecular formula is C24H22FN3O2. The van der Waals surface area contributed by atoms with Crippen LogP contribution >= 0.6 is 0 Å². The van der Waals surface area contributed by atoms with Crippen molar-refractivity contribution in [2.24, 2.45) is 0 Å². The van der Waals surface area contributed by atoms with Crippen molar-refractivity contribution in [3.8, 4) is 16.9 Å². The minimum Gasteiger partial charge on any atom is -0.455 e. The summed E-state index contributed by atoms with van der Waals surface area (Å²) in [5, 5.41) is 6.33. The van der Waals surface area contributed by atoms with E-state index < -0.39 is 0 Å². The highest BCUT2D eigenvalue weighted by molar-refractivity contribution is 6.04. The van der Waals surface area contributed by atoms with E-state index in [1.807, 2.05) is 30.3 Å². The Morgan fingerprint density at radius 3 is 2.33 bits per heavy atom. The molecule has 2 aliphatic rings. The van der Waals surface area contributed by atoms with Gasteiger partial charge in [-0.2, -0.15) is 0 Å². The van der Waals surface area contributed by atoms with E-state index in [1.54, 1.807) is 24.3 Å². The number of nitrogens with zero attached hydrogens (tertiary/aromatic N) is 1. The third kappa shape index (κ3) is 3.74. The summed E-state index contributed by atoms with van der Waals surface area (Å²) in [7, 11) is 0. The molecule has 30 heavy (non-hydrogen) atoms. The lowest BCUT2D eigenvalue weighted by atomic mass is 10.0. The SMILES string of the molecule is O=C(Nc1ccc2c(c1)NC(N1CCCC1)O2)c1ccc(-c2ccc(F)cc2)cc1. The maximum Gasteiger partial charge on any atom is 0.255 e. The molecule has 1 atom stereocenters. The van der Waals surface area contributed by atoms with Crippen LogP contribution in [0.25, 0.3) is 11.1 Å². The molecule has 5 nitrogen and oxygen atoms in total. The van der Waals surface area contributed by atoms with Crippen molar-refractivity contribution in [3.63, 3.8) is 0 Å². The average molecular weight is 403 g/mol. The summed E-state index contributed by atoms with van der Waals surface area (Å²) in [6.07, 6.45) is 2.26. The molecule has 1 amide bonds. The second kappa shape index (κ2) is 7.80. The van der Waals surface area contributed by atoms with Crippen molar-refractivity contribution < 1.29 is 13.9 Å². The van der Waals surface area contributed by atoms with Gasteiger partial charge in [0.05, 0.1) is 5.69 Å². The Morgan fingerprint density at radius 2 is 1.63 bits per heavy atom. The van der Waals surface area contributed by atoms with E-state index in [-0.39, 0.29) is 18.1 Å². The zero-order valence-electron chi connectivity index (χ0n) is 16.4. The number of halogens is 1. The predicted octanol–water partition coefficient (Wildman–Crippen LogP) is 4.93. The first-order valence-electron chi connectivity index (χ1n) is 10.1. The first-order chi connectivity index (χ1) is 14.7. The number of nitrogens with one attached hydrogen (secondary N) is 2. The largest absolute Gasteiger partial charge is 0.455 e. The molecule has 0 radical (unpaired) electrons. The number of rotatable bonds is 4. The number of fused-ring (bicyclic) bond motifs is 1. The Hall–Kier alpha value is -3.38. The van der Waals surface area contributed by atoms with Crippen molar-refractivity contribution in [1.82, 2.24) is 4.90 Å². The fourth-order valence-corrected chi connectivity index (χ4v) is 3.91. The van der Waals surface area contributed by atoms with E-state index in [0.29, 0.717) is 11.3 Å². The molecule has 1 saturated heterocycles.